The summed E-state index contributed by atoms with van der Waals surface area (Å²) in [5, 5.41) is 8.39. The third-order valence-electron chi connectivity index (χ3n) is 4.34. The van der Waals surface area contributed by atoms with E-state index in [1.54, 1.807) is 6.20 Å². The van der Waals surface area contributed by atoms with Crippen LogP contribution >= 0.6 is 11.8 Å². The second-order valence-corrected chi connectivity index (χ2v) is 7.30. The van der Waals surface area contributed by atoms with Gasteiger partial charge in [-0.05, 0) is 18.1 Å². The summed E-state index contributed by atoms with van der Waals surface area (Å²) in [6.45, 7) is 0.631. The van der Waals surface area contributed by atoms with Crippen molar-refractivity contribution in [2.45, 2.75) is 11.4 Å². The van der Waals surface area contributed by atoms with E-state index in [0.29, 0.717) is 12.3 Å². The van der Waals surface area contributed by atoms with Crippen LogP contribution in [0.15, 0.2) is 84.1 Å². The number of nitrogens with zero attached hydrogens (tertiary/aromatic N) is 3. The largest absolute Gasteiger partial charge is 0.355 e. The van der Waals surface area contributed by atoms with Crippen LogP contribution in [-0.4, -0.2) is 32.8 Å². The number of fused-ring (bicyclic) bond motifs is 1. The fourth-order valence-corrected chi connectivity index (χ4v) is 3.74. The van der Waals surface area contributed by atoms with E-state index < -0.39 is 0 Å². The molecule has 140 valence electrons. The Morgan fingerprint density at radius 1 is 1.04 bits per heavy atom. The van der Waals surface area contributed by atoms with Crippen LogP contribution < -0.4 is 5.32 Å². The molecule has 0 aliphatic heterocycles. The van der Waals surface area contributed by atoms with E-state index in [0.717, 1.165) is 28.2 Å². The molecule has 0 saturated carbocycles. The Labute approximate surface area is 167 Å². The zero-order valence-electron chi connectivity index (χ0n) is 15.3. The lowest BCUT2D eigenvalue weighted by Gasteiger charge is -2.05. The van der Waals surface area contributed by atoms with Gasteiger partial charge < -0.3 is 5.32 Å². The number of amides is 1. The molecule has 4 rings (SSSR count). The van der Waals surface area contributed by atoms with Crippen LogP contribution in [0.2, 0.25) is 0 Å². The van der Waals surface area contributed by atoms with Gasteiger partial charge in [0, 0.05) is 24.5 Å². The standard InChI is InChI=1S/C22H20N4OS/c27-21(23-12-11-17-7-3-1-4-8-17)16-28-22-20-15-19(18-9-5-2-6-10-18)25-26(20)14-13-24-22/h1-10,13-15H,11-12,16H2,(H,23,27). The van der Waals surface area contributed by atoms with Crippen molar-refractivity contribution in [1.82, 2.24) is 19.9 Å². The van der Waals surface area contributed by atoms with Gasteiger partial charge in [0.1, 0.15) is 5.03 Å². The maximum Gasteiger partial charge on any atom is 0.230 e. The summed E-state index contributed by atoms with van der Waals surface area (Å²) >= 11 is 1.43. The fraction of sp³-hybridized carbons (Fsp3) is 0.136. The van der Waals surface area contributed by atoms with Gasteiger partial charge in [-0.25, -0.2) is 9.50 Å². The lowest BCUT2D eigenvalue weighted by molar-refractivity contribution is -0.118. The molecule has 0 spiro atoms. The minimum absolute atomic E-state index is 0.00697. The van der Waals surface area contributed by atoms with Crippen LogP contribution in [0.5, 0.6) is 0 Å². The second kappa shape index (κ2) is 8.71. The van der Waals surface area contributed by atoms with Crippen molar-refractivity contribution < 1.29 is 4.79 Å². The molecule has 28 heavy (non-hydrogen) atoms. The minimum Gasteiger partial charge on any atom is -0.355 e. The summed E-state index contributed by atoms with van der Waals surface area (Å²) in [6, 6.07) is 22.2. The Bertz CT molecular complexity index is 1060. The van der Waals surface area contributed by atoms with Crippen molar-refractivity contribution in [3.63, 3.8) is 0 Å². The maximum atomic E-state index is 12.2. The number of thioether (sulfide) groups is 1. The quantitative estimate of drug-likeness (QED) is 0.489. The molecule has 4 aromatic rings. The van der Waals surface area contributed by atoms with E-state index in [4.69, 9.17) is 0 Å². The topological polar surface area (TPSA) is 59.3 Å². The van der Waals surface area contributed by atoms with Crippen molar-refractivity contribution >= 4 is 23.2 Å². The third-order valence-corrected chi connectivity index (χ3v) is 5.34. The third kappa shape index (κ3) is 4.40. The molecule has 0 unspecified atom stereocenters. The number of hydrogen-bond donors (Lipinski definition) is 1. The molecule has 0 bridgehead atoms. The summed E-state index contributed by atoms with van der Waals surface area (Å²) in [4.78, 5) is 16.6. The highest BCUT2D eigenvalue weighted by Crippen LogP contribution is 2.25. The maximum absolute atomic E-state index is 12.2. The molecule has 5 nitrogen and oxygen atoms in total. The summed E-state index contributed by atoms with van der Waals surface area (Å²) in [5.41, 5.74) is 4.07. The predicted octanol–water partition coefficient (Wildman–Crippen LogP) is 3.85. The number of rotatable bonds is 7. The monoisotopic (exact) mass is 388 g/mol. The number of benzene rings is 2. The molecule has 0 radical (unpaired) electrons. The van der Waals surface area contributed by atoms with Gasteiger partial charge >= 0.3 is 0 Å². The average Bonchev–Trinajstić information content (AvgIpc) is 3.19. The van der Waals surface area contributed by atoms with E-state index >= 15 is 0 Å². The Balaban J connectivity index is 1.38. The summed E-state index contributed by atoms with van der Waals surface area (Å²) in [5.74, 6) is 0.334. The summed E-state index contributed by atoms with van der Waals surface area (Å²) < 4.78 is 1.81. The minimum atomic E-state index is 0.00697. The molecule has 0 saturated heterocycles. The molecule has 1 amide bonds. The van der Waals surface area contributed by atoms with Crippen molar-refractivity contribution in [2.24, 2.45) is 0 Å². The number of hydrogen-bond acceptors (Lipinski definition) is 4. The molecular weight excluding hydrogens is 368 g/mol. The predicted molar refractivity (Wildman–Crippen MR) is 112 cm³/mol. The lowest BCUT2D eigenvalue weighted by atomic mass is 10.1. The Morgan fingerprint density at radius 2 is 1.79 bits per heavy atom. The highest BCUT2D eigenvalue weighted by Gasteiger charge is 2.11. The van der Waals surface area contributed by atoms with E-state index in [9.17, 15) is 4.79 Å². The van der Waals surface area contributed by atoms with Gasteiger partial charge in [-0.3, -0.25) is 4.79 Å². The highest BCUT2D eigenvalue weighted by molar-refractivity contribution is 8.00. The zero-order chi connectivity index (χ0) is 19.2. The number of carbonyl (C=O) groups is 1. The van der Waals surface area contributed by atoms with Gasteiger partial charge in [0.05, 0.1) is 17.0 Å². The fourth-order valence-electron chi connectivity index (χ4n) is 2.94. The molecule has 2 aromatic carbocycles. The van der Waals surface area contributed by atoms with Crippen molar-refractivity contribution in [3.05, 3.63) is 84.7 Å². The molecule has 1 N–H and O–H groups in total. The van der Waals surface area contributed by atoms with Gasteiger partial charge in [-0.2, -0.15) is 5.10 Å². The Hall–Kier alpha value is -3.12. The molecular formula is C22H20N4OS. The molecule has 0 aliphatic rings. The first-order chi connectivity index (χ1) is 13.8. The first kappa shape index (κ1) is 18.3. The van der Waals surface area contributed by atoms with E-state index in [2.05, 4.69) is 27.5 Å². The smallest absolute Gasteiger partial charge is 0.230 e. The van der Waals surface area contributed by atoms with E-state index in [-0.39, 0.29) is 5.91 Å². The molecule has 6 heteroatoms. The van der Waals surface area contributed by atoms with Crippen LogP contribution in [0.1, 0.15) is 5.56 Å². The first-order valence-electron chi connectivity index (χ1n) is 9.13. The summed E-state index contributed by atoms with van der Waals surface area (Å²) in [6.07, 6.45) is 4.37. The van der Waals surface area contributed by atoms with Gasteiger partial charge in [-0.15, -0.1) is 0 Å². The second-order valence-electron chi connectivity index (χ2n) is 6.33. The van der Waals surface area contributed by atoms with Crippen LogP contribution in [-0.2, 0) is 11.2 Å². The van der Waals surface area contributed by atoms with Gasteiger partial charge in [0.25, 0.3) is 0 Å². The van der Waals surface area contributed by atoms with Crippen molar-refractivity contribution in [2.75, 3.05) is 12.3 Å². The van der Waals surface area contributed by atoms with Crippen LogP contribution in [0, 0.1) is 0 Å². The molecule has 2 heterocycles. The molecule has 0 fully saturated rings. The van der Waals surface area contributed by atoms with Crippen LogP contribution in [0.25, 0.3) is 16.8 Å². The van der Waals surface area contributed by atoms with Crippen molar-refractivity contribution in [1.29, 1.82) is 0 Å². The Kier molecular flexibility index (Phi) is 5.68. The normalized spacial score (nSPS) is 10.9. The molecule has 0 atom stereocenters. The van der Waals surface area contributed by atoms with Gasteiger partial charge in [0.2, 0.25) is 5.91 Å². The molecule has 0 aliphatic carbocycles. The Morgan fingerprint density at radius 3 is 2.57 bits per heavy atom. The number of nitrogens with one attached hydrogen (secondary N) is 1. The number of aromatic nitrogens is 3. The van der Waals surface area contributed by atoms with Gasteiger partial charge in [-0.1, -0.05) is 72.4 Å². The van der Waals surface area contributed by atoms with E-state index in [1.165, 1.54) is 17.3 Å². The first-order valence-corrected chi connectivity index (χ1v) is 10.1. The average molecular weight is 388 g/mol. The zero-order valence-corrected chi connectivity index (χ0v) is 16.1. The summed E-state index contributed by atoms with van der Waals surface area (Å²) in [7, 11) is 0. The van der Waals surface area contributed by atoms with Gasteiger partial charge in [0.15, 0.2) is 0 Å². The van der Waals surface area contributed by atoms with Crippen molar-refractivity contribution in [3.8, 4) is 11.3 Å². The molecule has 2 aromatic heterocycles. The van der Waals surface area contributed by atoms with Crippen LogP contribution in [0.4, 0.5) is 0 Å². The lowest BCUT2D eigenvalue weighted by Crippen LogP contribution is -2.27. The van der Waals surface area contributed by atoms with E-state index in [1.807, 2.05) is 65.3 Å². The number of carbonyl (C=O) groups excluding carboxylic acids is 1. The van der Waals surface area contributed by atoms with Crippen LogP contribution in [0.3, 0.4) is 0 Å². The highest BCUT2D eigenvalue weighted by atomic mass is 32.2. The SMILES string of the molecule is O=C(CSc1nccn2nc(-c3ccccc3)cc12)NCCc1ccccc1.